The number of rotatable bonds is 10. The number of halogens is 1. The molecule has 0 aromatic carbocycles. The van der Waals surface area contributed by atoms with Crippen LogP contribution in [0.25, 0.3) is 5.69 Å². The Labute approximate surface area is 225 Å². The van der Waals surface area contributed by atoms with Crippen molar-refractivity contribution in [2.24, 2.45) is 0 Å². The summed E-state index contributed by atoms with van der Waals surface area (Å²) in [6.07, 6.45) is 3.89. The lowest BCUT2D eigenvalue weighted by molar-refractivity contribution is -0.0207. The maximum Gasteiger partial charge on any atom is 0.245 e. The van der Waals surface area contributed by atoms with Gasteiger partial charge in [0.25, 0.3) is 0 Å². The highest BCUT2D eigenvalue weighted by Crippen LogP contribution is 2.42. The van der Waals surface area contributed by atoms with Crippen molar-refractivity contribution in [1.82, 2.24) is 34.7 Å². The summed E-state index contributed by atoms with van der Waals surface area (Å²) in [6.45, 7) is 5.40. The monoisotopic (exact) mass is 568 g/mol. The van der Waals surface area contributed by atoms with E-state index in [1.165, 1.54) is 51.5 Å². The van der Waals surface area contributed by atoms with Crippen LogP contribution < -0.4 is 14.2 Å². The molecule has 1 N–H and O–H groups in total. The van der Waals surface area contributed by atoms with Crippen molar-refractivity contribution in [1.29, 1.82) is 0 Å². The Hall–Kier alpha value is -3.14. The number of methoxy groups -OCH3 is 3. The zero-order valence-electron chi connectivity index (χ0n) is 21.7. The molecule has 0 saturated carbocycles. The van der Waals surface area contributed by atoms with E-state index in [2.05, 4.69) is 34.9 Å². The molecule has 0 amide bonds. The SMILES string of the molecule is COc1ncnc(OC)c1-n1c(NS(=O)(=O)C(C)C(OC)c2ncc(Cl)cn2)nnc1[C@@H]1CCC(C)(C)O1. The summed E-state index contributed by atoms with van der Waals surface area (Å²) in [5.74, 6) is 0.578. The molecule has 0 bridgehead atoms. The van der Waals surface area contributed by atoms with Crippen molar-refractivity contribution < 1.29 is 27.4 Å². The molecular formula is C22H29ClN8O6S. The first-order chi connectivity index (χ1) is 18.0. The minimum absolute atomic E-state index is 0.119. The lowest BCUT2D eigenvalue weighted by Gasteiger charge is -2.23. The first-order valence-electron chi connectivity index (χ1n) is 11.6. The largest absolute Gasteiger partial charge is 0.479 e. The summed E-state index contributed by atoms with van der Waals surface area (Å²) >= 11 is 5.88. The first-order valence-corrected chi connectivity index (χ1v) is 13.5. The molecule has 3 aromatic heterocycles. The average molecular weight is 569 g/mol. The van der Waals surface area contributed by atoms with Gasteiger partial charge < -0.3 is 18.9 Å². The van der Waals surface area contributed by atoms with Gasteiger partial charge in [0.1, 0.15) is 23.8 Å². The third kappa shape index (κ3) is 5.50. The maximum atomic E-state index is 13.6. The van der Waals surface area contributed by atoms with E-state index in [-0.39, 0.29) is 29.2 Å². The molecule has 1 saturated heterocycles. The average Bonchev–Trinajstić information content (AvgIpc) is 3.46. The van der Waals surface area contributed by atoms with Crippen LogP contribution >= 0.6 is 11.6 Å². The highest BCUT2D eigenvalue weighted by Gasteiger charge is 2.39. The number of nitrogens with one attached hydrogen (secondary N) is 1. The van der Waals surface area contributed by atoms with Crippen LogP contribution in [0.4, 0.5) is 5.95 Å². The third-order valence-corrected chi connectivity index (χ3v) is 8.00. The predicted molar refractivity (Wildman–Crippen MR) is 136 cm³/mol. The lowest BCUT2D eigenvalue weighted by atomic mass is 10.1. The summed E-state index contributed by atoms with van der Waals surface area (Å²) in [7, 11) is 0.0510. The molecule has 3 aromatic rings. The second kappa shape index (κ2) is 10.9. The highest BCUT2D eigenvalue weighted by atomic mass is 35.5. The summed E-state index contributed by atoms with van der Waals surface area (Å²) in [5.41, 5.74) is -0.193. The summed E-state index contributed by atoms with van der Waals surface area (Å²) < 4.78 is 53.7. The fraction of sp³-hybridized carbons (Fsp3) is 0.545. The molecule has 0 radical (unpaired) electrons. The van der Waals surface area contributed by atoms with Crippen molar-refractivity contribution >= 4 is 27.6 Å². The molecule has 38 heavy (non-hydrogen) atoms. The van der Waals surface area contributed by atoms with Crippen molar-refractivity contribution in [3.05, 3.63) is 35.4 Å². The van der Waals surface area contributed by atoms with Crippen LogP contribution in [-0.4, -0.2) is 75.3 Å². The van der Waals surface area contributed by atoms with E-state index in [9.17, 15) is 8.42 Å². The topological polar surface area (TPSA) is 165 Å². The molecule has 1 aliphatic rings. The Morgan fingerprint density at radius 2 is 1.74 bits per heavy atom. The molecule has 206 valence electrons. The van der Waals surface area contributed by atoms with Crippen molar-refractivity contribution in [2.75, 3.05) is 26.1 Å². The molecule has 14 nitrogen and oxygen atoms in total. The minimum atomic E-state index is -4.16. The quantitative estimate of drug-likeness (QED) is 0.380. The highest BCUT2D eigenvalue weighted by molar-refractivity contribution is 7.93. The van der Waals surface area contributed by atoms with Gasteiger partial charge in [-0.15, -0.1) is 10.2 Å². The van der Waals surface area contributed by atoms with E-state index >= 15 is 0 Å². The molecule has 4 heterocycles. The van der Waals surface area contributed by atoms with Crippen LogP contribution in [0.1, 0.15) is 57.5 Å². The molecule has 0 aliphatic carbocycles. The molecule has 16 heteroatoms. The van der Waals surface area contributed by atoms with Gasteiger partial charge in [-0.3, -0.25) is 9.29 Å². The van der Waals surface area contributed by atoms with E-state index in [1.807, 2.05) is 13.8 Å². The van der Waals surface area contributed by atoms with E-state index < -0.39 is 33.1 Å². The van der Waals surface area contributed by atoms with Gasteiger partial charge in [-0.2, -0.15) is 9.97 Å². The summed E-state index contributed by atoms with van der Waals surface area (Å²) in [5, 5.41) is 7.61. The molecule has 3 atom stereocenters. The van der Waals surface area contributed by atoms with E-state index in [1.54, 1.807) is 0 Å². The van der Waals surface area contributed by atoms with Gasteiger partial charge in [0.15, 0.2) is 17.3 Å². The van der Waals surface area contributed by atoms with Crippen LogP contribution in [0.5, 0.6) is 11.8 Å². The van der Waals surface area contributed by atoms with Crippen LogP contribution in [0.15, 0.2) is 18.7 Å². The molecule has 1 aliphatic heterocycles. The first kappa shape index (κ1) is 27.9. The number of sulfonamides is 1. The number of ether oxygens (including phenoxy) is 4. The normalized spacial score (nSPS) is 18.7. The summed E-state index contributed by atoms with van der Waals surface area (Å²) in [4.78, 5) is 16.6. The minimum Gasteiger partial charge on any atom is -0.479 e. The van der Waals surface area contributed by atoms with Gasteiger partial charge in [-0.1, -0.05) is 11.6 Å². The Morgan fingerprint density at radius 1 is 1.11 bits per heavy atom. The van der Waals surface area contributed by atoms with Gasteiger partial charge in [0.2, 0.25) is 27.7 Å². The standard InChI is InChI=1S/C22H29ClN8O6S/c1-12(16(34-4)17-24-9-13(23)10-25-17)38(32,33)30-21-29-28-18(14-7-8-22(2,3)37-14)31(21)15-19(35-5)26-11-27-20(15)36-6/h9-12,14,16H,7-8H2,1-6H3,(H,29,30)/t12?,14-,16?/m0/s1. The zero-order valence-corrected chi connectivity index (χ0v) is 23.3. The second-order valence-corrected chi connectivity index (χ2v) is 11.6. The van der Waals surface area contributed by atoms with Crippen LogP contribution in [0.2, 0.25) is 5.02 Å². The Bertz CT molecular complexity index is 1360. The maximum absolute atomic E-state index is 13.6. The molecule has 2 unspecified atom stereocenters. The van der Waals surface area contributed by atoms with Gasteiger partial charge >= 0.3 is 0 Å². The van der Waals surface area contributed by atoms with E-state index in [4.69, 9.17) is 30.5 Å². The van der Waals surface area contributed by atoms with Gasteiger partial charge in [0, 0.05) is 19.5 Å². The van der Waals surface area contributed by atoms with Crippen molar-refractivity contribution in [3.63, 3.8) is 0 Å². The second-order valence-electron chi connectivity index (χ2n) is 9.13. The number of aromatic nitrogens is 7. The van der Waals surface area contributed by atoms with Crippen molar-refractivity contribution in [2.45, 2.75) is 56.7 Å². The fourth-order valence-electron chi connectivity index (χ4n) is 4.15. The van der Waals surface area contributed by atoms with Crippen LogP contribution in [0.3, 0.4) is 0 Å². The fourth-order valence-corrected chi connectivity index (χ4v) is 5.38. The Balaban J connectivity index is 1.79. The van der Waals surface area contributed by atoms with E-state index in [0.717, 1.165) is 6.42 Å². The molecule has 0 spiro atoms. The Kier molecular flexibility index (Phi) is 8.01. The lowest BCUT2D eigenvalue weighted by Crippen LogP contribution is -2.33. The number of nitrogens with zero attached hydrogens (tertiary/aromatic N) is 7. The van der Waals surface area contributed by atoms with E-state index in [0.29, 0.717) is 17.3 Å². The zero-order chi connectivity index (χ0) is 27.7. The predicted octanol–water partition coefficient (Wildman–Crippen LogP) is 2.67. The van der Waals surface area contributed by atoms with Gasteiger partial charge in [-0.05, 0) is 33.6 Å². The smallest absolute Gasteiger partial charge is 0.245 e. The third-order valence-electron chi connectivity index (χ3n) is 6.11. The number of hydrogen-bond donors (Lipinski definition) is 1. The molecule has 1 fully saturated rings. The summed E-state index contributed by atoms with van der Waals surface area (Å²) in [6, 6.07) is 0. The van der Waals surface area contributed by atoms with Gasteiger partial charge in [-0.25, -0.2) is 18.4 Å². The van der Waals surface area contributed by atoms with Crippen molar-refractivity contribution in [3.8, 4) is 17.4 Å². The van der Waals surface area contributed by atoms with Crippen LogP contribution in [-0.2, 0) is 19.5 Å². The molecular weight excluding hydrogens is 540 g/mol. The number of anilines is 1. The number of hydrogen-bond acceptors (Lipinski definition) is 12. The Morgan fingerprint density at radius 3 is 2.26 bits per heavy atom. The molecule has 4 rings (SSSR count). The van der Waals surface area contributed by atoms with Crippen LogP contribution in [0, 0.1) is 0 Å². The van der Waals surface area contributed by atoms with Gasteiger partial charge in [0.05, 0.1) is 24.8 Å².